The number of tetrazole rings is 1. The number of rotatable bonds is 8. The molecule has 1 aromatic carbocycles. The van der Waals surface area contributed by atoms with Crippen LogP contribution in [0.15, 0.2) is 35.5 Å². The van der Waals surface area contributed by atoms with Crippen molar-refractivity contribution in [2.45, 2.75) is 38.9 Å². The normalized spacial score (nSPS) is 12.3. The van der Waals surface area contributed by atoms with Crippen LogP contribution in [0.2, 0.25) is 0 Å². The summed E-state index contributed by atoms with van der Waals surface area (Å²) in [5, 5.41) is 12.6. The van der Waals surface area contributed by atoms with Gasteiger partial charge in [0, 0.05) is 24.1 Å². The summed E-state index contributed by atoms with van der Waals surface area (Å²) in [4.78, 5) is 12.9. The van der Waals surface area contributed by atoms with Crippen LogP contribution in [-0.2, 0) is 4.74 Å². The Morgan fingerprint density at radius 1 is 1.25 bits per heavy atom. The number of hydrogen-bond donors (Lipinski definition) is 0. The maximum atomic E-state index is 12.9. The van der Waals surface area contributed by atoms with E-state index in [-0.39, 0.29) is 17.6 Å². The molecule has 0 radical (unpaired) electrons. The Labute approximate surface area is 169 Å². The second kappa shape index (κ2) is 8.70. The zero-order valence-electron chi connectivity index (χ0n) is 16.8. The van der Waals surface area contributed by atoms with Crippen LogP contribution in [0.1, 0.15) is 40.3 Å². The minimum atomic E-state index is 0.0632. The van der Waals surface area contributed by atoms with E-state index in [9.17, 15) is 4.79 Å². The number of ether oxygens (including phenoxy) is 1. The van der Waals surface area contributed by atoms with Gasteiger partial charge in [0.2, 0.25) is 5.16 Å². The van der Waals surface area contributed by atoms with Crippen molar-refractivity contribution < 1.29 is 9.53 Å². The number of ketones is 1. The van der Waals surface area contributed by atoms with Gasteiger partial charge in [-0.25, -0.2) is 0 Å². The van der Waals surface area contributed by atoms with E-state index >= 15 is 0 Å². The van der Waals surface area contributed by atoms with Gasteiger partial charge in [-0.1, -0.05) is 30.0 Å². The summed E-state index contributed by atoms with van der Waals surface area (Å²) in [7, 11) is 1.69. The average Bonchev–Trinajstić information content (AvgIpc) is 3.24. The fraction of sp³-hybridized carbons (Fsp3) is 0.400. The highest BCUT2D eigenvalue weighted by molar-refractivity contribution is 7.99. The van der Waals surface area contributed by atoms with Gasteiger partial charge >= 0.3 is 0 Å². The van der Waals surface area contributed by atoms with E-state index < -0.39 is 0 Å². The van der Waals surface area contributed by atoms with Crippen LogP contribution in [0.5, 0.6) is 0 Å². The Balaban J connectivity index is 1.77. The number of benzene rings is 1. The van der Waals surface area contributed by atoms with Crippen LogP contribution in [0.25, 0.3) is 5.69 Å². The molecule has 7 nitrogen and oxygen atoms in total. The summed E-state index contributed by atoms with van der Waals surface area (Å²) in [6.07, 6.45) is 0. The third-order valence-corrected chi connectivity index (χ3v) is 5.67. The molecule has 0 fully saturated rings. The standard InChI is InChI=1S/C20H25N5O2S/c1-13-8-6-7-9-18(13)25-20(21-22-23-25)28-12-19(26)17-10-14(2)24(16(17)4)15(3)11-27-5/h6-10,15H,11-12H2,1-5H3/t15-/m0/s1. The number of carbonyl (C=O) groups is 1. The molecule has 2 aromatic heterocycles. The molecule has 1 atom stereocenters. The van der Waals surface area contributed by atoms with Gasteiger partial charge in [0.15, 0.2) is 5.78 Å². The predicted molar refractivity (Wildman–Crippen MR) is 109 cm³/mol. The summed E-state index contributed by atoms with van der Waals surface area (Å²) in [5.74, 6) is 0.336. The quantitative estimate of drug-likeness (QED) is 0.426. The molecule has 3 rings (SSSR count). The third kappa shape index (κ3) is 4.02. The number of hydrogen-bond acceptors (Lipinski definition) is 6. The highest BCUT2D eigenvalue weighted by atomic mass is 32.2. The van der Waals surface area contributed by atoms with Crippen molar-refractivity contribution in [2.75, 3.05) is 19.5 Å². The molecule has 0 bridgehead atoms. The van der Waals surface area contributed by atoms with E-state index in [0.29, 0.717) is 11.8 Å². The van der Waals surface area contributed by atoms with Crippen LogP contribution in [-0.4, -0.2) is 50.0 Å². The molecular weight excluding hydrogens is 374 g/mol. The first-order valence-electron chi connectivity index (χ1n) is 9.11. The molecule has 0 aliphatic carbocycles. The summed E-state index contributed by atoms with van der Waals surface area (Å²) < 4.78 is 9.09. The third-order valence-electron chi connectivity index (χ3n) is 4.75. The van der Waals surface area contributed by atoms with Gasteiger partial charge in [-0.05, 0) is 55.8 Å². The van der Waals surface area contributed by atoms with Crippen molar-refractivity contribution in [2.24, 2.45) is 0 Å². The summed E-state index contributed by atoms with van der Waals surface area (Å²) >= 11 is 1.35. The number of aromatic nitrogens is 5. The molecule has 0 aliphatic heterocycles. The fourth-order valence-corrected chi connectivity index (χ4v) is 4.25. The van der Waals surface area contributed by atoms with E-state index in [1.165, 1.54) is 11.8 Å². The Morgan fingerprint density at radius 2 is 2.00 bits per heavy atom. The number of aryl methyl sites for hydroxylation is 2. The van der Waals surface area contributed by atoms with Crippen molar-refractivity contribution in [3.8, 4) is 5.69 Å². The predicted octanol–water partition coefficient (Wildman–Crippen LogP) is 3.57. The van der Waals surface area contributed by atoms with Gasteiger partial charge < -0.3 is 9.30 Å². The van der Waals surface area contributed by atoms with Gasteiger partial charge in [0.1, 0.15) is 0 Å². The number of methoxy groups -OCH3 is 1. The average molecular weight is 400 g/mol. The van der Waals surface area contributed by atoms with Crippen LogP contribution >= 0.6 is 11.8 Å². The van der Waals surface area contributed by atoms with Gasteiger partial charge in [-0.15, -0.1) is 5.10 Å². The molecule has 0 saturated carbocycles. The van der Waals surface area contributed by atoms with Gasteiger partial charge in [-0.2, -0.15) is 4.68 Å². The lowest BCUT2D eigenvalue weighted by Gasteiger charge is -2.17. The van der Waals surface area contributed by atoms with E-state index in [4.69, 9.17) is 4.74 Å². The van der Waals surface area contributed by atoms with Crippen LogP contribution in [0, 0.1) is 20.8 Å². The van der Waals surface area contributed by atoms with Crippen molar-refractivity contribution in [1.29, 1.82) is 0 Å². The number of carbonyl (C=O) groups excluding carboxylic acids is 1. The van der Waals surface area contributed by atoms with Crippen LogP contribution in [0.4, 0.5) is 0 Å². The Morgan fingerprint density at radius 3 is 2.71 bits per heavy atom. The first-order valence-corrected chi connectivity index (χ1v) is 10.1. The smallest absolute Gasteiger partial charge is 0.214 e. The van der Waals surface area contributed by atoms with Gasteiger partial charge in [-0.3, -0.25) is 4.79 Å². The molecule has 3 aromatic rings. The second-order valence-corrected chi connectivity index (χ2v) is 7.77. The van der Waals surface area contributed by atoms with Gasteiger partial charge in [0.05, 0.1) is 24.1 Å². The molecule has 2 heterocycles. The Hall–Kier alpha value is -2.45. The molecule has 0 N–H and O–H groups in total. The lowest BCUT2D eigenvalue weighted by Crippen LogP contribution is -2.15. The second-order valence-electron chi connectivity index (χ2n) is 6.83. The molecule has 0 unspecified atom stereocenters. The summed E-state index contributed by atoms with van der Waals surface area (Å²) in [5.41, 5.74) is 4.74. The topological polar surface area (TPSA) is 74.8 Å². The molecule has 8 heteroatoms. The molecular formula is C20H25N5O2S. The van der Waals surface area contributed by atoms with E-state index in [2.05, 4.69) is 27.0 Å². The highest BCUT2D eigenvalue weighted by Gasteiger charge is 2.20. The Kier molecular flexibility index (Phi) is 6.31. The monoisotopic (exact) mass is 399 g/mol. The molecule has 148 valence electrons. The van der Waals surface area contributed by atoms with Crippen molar-refractivity contribution >= 4 is 17.5 Å². The lowest BCUT2D eigenvalue weighted by molar-refractivity contribution is 0.102. The fourth-order valence-electron chi connectivity index (χ4n) is 3.48. The number of Topliss-reactive ketones (excluding diaryl/α,β-unsaturated/α-hetero) is 1. The summed E-state index contributed by atoms with van der Waals surface area (Å²) in [6, 6.07) is 10.0. The highest BCUT2D eigenvalue weighted by Crippen LogP contribution is 2.25. The minimum absolute atomic E-state index is 0.0632. The number of thioether (sulfide) groups is 1. The van der Waals surface area contributed by atoms with Gasteiger partial charge in [0.25, 0.3) is 0 Å². The zero-order valence-corrected chi connectivity index (χ0v) is 17.7. The summed E-state index contributed by atoms with van der Waals surface area (Å²) in [6.45, 7) is 8.69. The largest absolute Gasteiger partial charge is 0.383 e. The first-order chi connectivity index (χ1) is 13.4. The lowest BCUT2D eigenvalue weighted by atomic mass is 10.2. The maximum Gasteiger partial charge on any atom is 0.214 e. The zero-order chi connectivity index (χ0) is 20.3. The Bertz CT molecular complexity index is 979. The van der Waals surface area contributed by atoms with E-state index in [1.54, 1.807) is 11.8 Å². The SMILES string of the molecule is COC[C@H](C)n1c(C)cc(C(=O)CSc2nnnn2-c2ccccc2C)c1C. The molecule has 0 saturated heterocycles. The number of nitrogens with zero attached hydrogens (tertiary/aromatic N) is 5. The van der Waals surface area contributed by atoms with Crippen LogP contribution in [0.3, 0.4) is 0 Å². The van der Waals surface area contributed by atoms with Crippen molar-refractivity contribution in [3.63, 3.8) is 0 Å². The molecule has 0 spiro atoms. The van der Waals surface area contributed by atoms with Crippen LogP contribution < -0.4 is 0 Å². The first kappa shape index (κ1) is 20.3. The molecule has 0 aliphatic rings. The molecule has 0 amide bonds. The van der Waals surface area contributed by atoms with Crippen molar-refractivity contribution in [1.82, 2.24) is 24.8 Å². The molecule has 28 heavy (non-hydrogen) atoms. The number of para-hydroxylation sites is 1. The van der Waals surface area contributed by atoms with Crippen molar-refractivity contribution in [3.05, 3.63) is 52.8 Å². The minimum Gasteiger partial charge on any atom is -0.383 e. The maximum absolute atomic E-state index is 12.9. The van der Waals surface area contributed by atoms with E-state index in [0.717, 1.165) is 28.2 Å². The van der Waals surface area contributed by atoms with E-state index in [1.807, 2.05) is 51.1 Å².